The second kappa shape index (κ2) is 4.53. The lowest BCUT2D eigenvalue weighted by molar-refractivity contribution is 0.357. The summed E-state index contributed by atoms with van der Waals surface area (Å²) in [4.78, 5) is 0. The van der Waals surface area contributed by atoms with Gasteiger partial charge in [0.25, 0.3) is 0 Å². The van der Waals surface area contributed by atoms with E-state index in [0.29, 0.717) is 29.2 Å². The Kier molecular flexibility index (Phi) is 2.85. The molecule has 0 bridgehead atoms. The Morgan fingerprint density at radius 2 is 1.95 bits per heavy atom. The summed E-state index contributed by atoms with van der Waals surface area (Å²) in [5.41, 5.74) is 1.90. The second-order valence-corrected chi connectivity index (χ2v) is 4.39. The van der Waals surface area contributed by atoms with Crippen LogP contribution >= 0.6 is 0 Å². The van der Waals surface area contributed by atoms with Gasteiger partial charge in [0.2, 0.25) is 0 Å². The summed E-state index contributed by atoms with van der Waals surface area (Å²) in [6.45, 7) is 0.568. The van der Waals surface area contributed by atoms with E-state index in [1.807, 2.05) is 6.07 Å². The molecule has 0 N–H and O–H groups in total. The molecular weight excluding hydrogens is 250 g/mol. The fourth-order valence-electron chi connectivity index (χ4n) is 2.30. The molecule has 0 saturated carbocycles. The molecule has 1 aliphatic rings. The molecule has 3 rings (SSSR count). The van der Waals surface area contributed by atoms with E-state index in [1.165, 1.54) is 12.1 Å². The molecule has 1 aliphatic heterocycles. The highest BCUT2D eigenvalue weighted by Gasteiger charge is 2.21. The normalized spacial score (nSPS) is 13.0. The molecule has 0 aliphatic carbocycles. The van der Waals surface area contributed by atoms with Gasteiger partial charge in [0.15, 0.2) is 0 Å². The van der Waals surface area contributed by atoms with Crippen LogP contribution in [0, 0.1) is 11.6 Å². The summed E-state index contributed by atoms with van der Waals surface area (Å²) in [5, 5.41) is 0. The van der Waals surface area contributed by atoms with Crippen molar-refractivity contribution >= 4 is 0 Å². The van der Waals surface area contributed by atoms with Crippen LogP contribution in [0.1, 0.15) is 5.56 Å². The summed E-state index contributed by atoms with van der Waals surface area (Å²) in [5.74, 6) is 0.0990. The van der Waals surface area contributed by atoms with Crippen molar-refractivity contribution < 1.29 is 18.3 Å². The van der Waals surface area contributed by atoms with Crippen LogP contribution in [-0.4, -0.2) is 13.7 Å². The molecule has 0 spiro atoms. The molecule has 98 valence electrons. The van der Waals surface area contributed by atoms with Gasteiger partial charge >= 0.3 is 0 Å². The molecule has 0 saturated heterocycles. The lowest BCUT2D eigenvalue weighted by Crippen LogP contribution is -1.93. The highest BCUT2D eigenvalue weighted by molar-refractivity contribution is 5.75. The molecule has 4 heteroatoms. The fraction of sp³-hybridized carbons (Fsp3) is 0.200. The van der Waals surface area contributed by atoms with Gasteiger partial charge in [0.05, 0.1) is 13.7 Å². The summed E-state index contributed by atoms with van der Waals surface area (Å²) in [7, 11) is 1.56. The van der Waals surface area contributed by atoms with Crippen LogP contribution in [0.3, 0.4) is 0 Å². The third kappa shape index (κ3) is 2.03. The third-order valence-electron chi connectivity index (χ3n) is 3.21. The second-order valence-electron chi connectivity index (χ2n) is 4.39. The number of hydrogen-bond acceptors (Lipinski definition) is 2. The molecule has 2 nitrogen and oxygen atoms in total. The van der Waals surface area contributed by atoms with Crippen LogP contribution in [0.5, 0.6) is 11.5 Å². The Hall–Kier alpha value is -2.10. The smallest absolute Gasteiger partial charge is 0.134 e. The fourth-order valence-corrected chi connectivity index (χ4v) is 2.30. The van der Waals surface area contributed by atoms with E-state index < -0.39 is 11.6 Å². The Balaban J connectivity index is 2.21. The predicted octanol–water partition coefficient (Wildman–Crippen LogP) is 3.58. The molecule has 0 aromatic heterocycles. The number of ether oxygens (including phenoxy) is 2. The zero-order valence-corrected chi connectivity index (χ0v) is 10.4. The number of methoxy groups -OCH3 is 1. The van der Waals surface area contributed by atoms with Crippen molar-refractivity contribution in [2.24, 2.45) is 0 Å². The van der Waals surface area contributed by atoms with Gasteiger partial charge in [-0.3, -0.25) is 0 Å². The van der Waals surface area contributed by atoms with Crippen molar-refractivity contribution in [3.63, 3.8) is 0 Å². The minimum atomic E-state index is -0.606. The summed E-state index contributed by atoms with van der Waals surface area (Å²) in [6.07, 6.45) is 0.766. The van der Waals surface area contributed by atoms with Gasteiger partial charge in [-0.05, 0) is 24.3 Å². The summed E-state index contributed by atoms with van der Waals surface area (Å²) >= 11 is 0. The zero-order chi connectivity index (χ0) is 13.4. The minimum Gasteiger partial charge on any atom is -0.497 e. The number of fused-ring (bicyclic) bond motifs is 1. The molecular formula is C15H12F2O2. The van der Waals surface area contributed by atoms with Gasteiger partial charge in [-0.25, -0.2) is 8.78 Å². The first kappa shape index (κ1) is 12.0. The monoisotopic (exact) mass is 262 g/mol. The molecule has 0 fully saturated rings. The third-order valence-corrected chi connectivity index (χ3v) is 3.21. The zero-order valence-electron chi connectivity index (χ0n) is 10.4. The molecule has 0 amide bonds. The molecule has 0 radical (unpaired) electrons. The van der Waals surface area contributed by atoms with Crippen LogP contribution in [0.4, 0.5) is 8.78 Å². The number of hydrogen-bond donors (Lipinski definition) is 0. The van der Waals surface area contributed by atoms with E-state index in [1.54, 1.807) is 13.2 Å². The number of benzene rings is 2. The van der Waals surface area contributed by atoms with E-state index in [-0.39, 0.29) is 0 Å². The van der Waals surface area contributed by atoms with Crippen molar-refractivity contribution in [2.45, 2.75) is 6.42 Å². The average Bonchev–Trinajstić information content (AvgIpc) is 2.86. The maximum Gasteiger partial charge on any atom is 0.134 e. The Morgan fingerprint density at radius 3 is 2.68 bits per heavy atom. The molecule has 0 atom stereocenters. The Morgan fingerprint density at radius 1 is 1.11 bits per heavy atom. The maximum absolute atomic E-state index is 13.9. The topological polar surface area (TPSA) is 18.5 Å². The van der Waals surface area contributed by atoms with Gasteiger partial charge in [-0.1, -0.05) is 0 Å². The summed E-state index contributed by atoms with van der Waals surface area (Å²) < 4.78 is 37.7. The molecule has 2 aromatic rings. The number of rotatable bonds is 2. The quantitative estimate of drug-likeness (QED) is 0.823. The predicted molar refractivity (Wildman–Crippen MR) is 67.5 cm³/mol. The molecule has 19 heavy (non-hydrogen) atoms. The van der Waals surface area contributed by atoms with Crippen LogP contribution in [0.15, 0.2) is 30.3 Å². The largest absolute Gasteiger partial charge is 0.497 e. The summed E-state index contributed by atoms with van der Waals surface area (Å²) in [6, 6.07) is 7.12. The lowest BCUT2D eigenvalue weighted by Gasteiger charge is -2.11. The van der Waals surface area contributed by atoms with Gasteiger partial charge in [-0.2, -0.15) is 0 Å². The maximum atomic E-state index is 13.9. The highest BCUT2D eigenvalue weighted by Crippen LogP contribution is 2.41. The van der Waals surface area contributed by atoms with Crippen molar-refractivity contribution in [3.8, 4) is 22.6 Å². The molecule has 2 aromatic carbocycles. The van der Waals surface area contributed by atoms with Crippen LogP contribution in [-0.2, 0) is 6.42 Å². The average molecular weight is 262 g/mol. The van der Waals surface area contributed by atoms with Crippen molar-refractivity contribution in [1.82, 2.24) is 0 Å². The van der Waals surface area contributed by atoms with E-state index in [4.69, 9.17) is 9.47 Å². The highest BCUT2D eigenvalue weighted by atomic mass is 19.1. The van der Waals surface area contributed by atoms with Crippen molar-refractivity contribution in [3.05, 3.63) is 47.5 Å². The Bertz CT molecular complexity index is 638. The first-order chi connectivity index (χ1) is 9.19. The Labute approximate surface area is 109 Å². The standard InChI is InChI=1S/C15H12F2O2/c1-18-11-6-9-4-5-19-15(9)13(8-11)12-3-2-10(16)7-14(12)17/h2-3,6-8H,4-5H2,1H3. The molecule has 0 unspecified atom stereocenters. The van der Waals surface area contributed by atoms with Crippen molar-refractivity contribution in [1.29, 1.82) is 0 Å². The molecule has 1 heterocycles. The van der Waals surface area contributed by atoms with Gasteiger partial charge in [0.1, 0.15) is 23.1 Å². The first-order valence-electron chi connectivity index (χ1n) is 5.98. The first-order valence-corrected chi connectivity index (χ1v) is 5.98. The van der Waals surface area contributed by atoms with E-state index in [9.17, 15) is 8.78 Å². The van der Waals surface area contributed by atoms with Gasteiger partial charge in [-0.15, -0.1) is 0 Å². The number of halogens is 2. The van der Waals surface area contributed by atoms with Crippen molar-refractivity contribution in [2.75, 3.05) is 13.7 Å². The van der Waals surface area contributed by atoms with Gasteiger partial charge < -0.3 is 9.47 Å². The lowest BCUT2D eigenvalue weighted by atomic mass is 10.00. The minimum absolute atomic E-state index is 0.318. The van der Waals surface area contributed by atoms with Crippen LogP contribution in [0.25, 0.3) is 11.1 Å². The van der Waals surface area contributed by atoms with Crippen LogP contribution < -0.4 is 9.47 Å². The van der Waals surface area contributed by atoms with E-state index in [2.05, 4.69) is 0 Å². The van der Waals surface area contributed by atoms with Gasteiger partial charge in [0, 0.05) is 29.2 Å². The van der Waals surface area contributed by atoms with E-state index >= 15 is 0 Å². The van der Waals surface area contributed by atoms with E-state index in [0.717, 1.165) is 18.1 Å². The SMILES string of the molecule is COc1cc2c(c(-c3ccc(F)cc3F)c1)OCC2. The van der Waals surface area contributed by atoms with Crippen LogP contribution in [0.2, 0.25) is 0 Å².